The first kappa shape index (κ1) is 46.2. The monoisotopic (exact) mass is 866 g/mol. The SMILES string of the molecule is C.CNC(=O)c1nnc(Nc2ccccn2)cc1Nc1cccc(-c2nc(C)no2)c1C.CNC(=O)c1nnc(Nc2ccccn2)cc1Nc1cccc(C(=O)O/N=C(/C)N)c1C. The van der Waals surface area contributed by atoms with Gasteiger partial charge in [0.25, 0.3) is 17.7 Å². The molecule has 0 bridgehead atoms. The third-order valence-electron chi connectivity index (χ3n) is 8.77. The molecule has 0 saturated heterocycles. The van der Waals surface area contributed by atoms with E-state index >= 15 is 0 Å². The van der Waals surface area contributed by atoms with Gasteiger partial charge in [-0.1, -0.05) is 42.0 Å². The Balaban J connectivity index is 0.000000237. The highest BCUT2D eigenvalue weighted by molar-refractivity contribution is 6.00. The number of pyridine rings is 2. The zero-order chi connectivity index (χ0) is 44.9. The number of carbonyl (C=O) groups excluding carboxylic acids is 3. The summed E-state index contributed by atoms with van der Waals surface area (Å²) in [4.78, 5) is 54.5. The molecule has 5 heterocycles. The predicted octanol–water partition coefficient (Wildman–Crippen LogP) is 6.50. The summed E-state index contributed by atoms with van der Waals surface area (Å²) in [6.07, 6.45) is 3.31. The van der Waals surface area contributed by atoms with Crippen molar-refractivity contribution in [2.45, 2.75) is 35.1 Å². The second-order valence-corrected chi connectivity index (χ2v) is 13.3. The van der Waals surface area contributed by atoms with Gasteiger partial charge in [0.05, 0.1) is 16.9 Å². The average molecular weight is 867 g/mol. The molecule has 0 radical (unpaired) electrons. The molecule has 8 N–H and O–H groups in total. The largest absolute Gasteiger partial charge is 0.385 e. The molecule has 2 amide bonds. The number of aromatic nitrogens is 8. The highest BCUT2D eigenvalue weighted by Crippen LogP contribution is 2.31. The molecule has 2 aromatic carbocycles. The van der Waals surface area contributed by atoms with E-state index in [0.29, 0.717) is 57.6 Å². The third-order valence-corrected chi connectivity index (χ3v) is 8.77. The Morgan fingerprint density at radius 1 is 0.641 bits per heavy atom. The maximum Gasteiger partial charge on any atom is 0.366 e. The van der Waals surface area contributed by atoms with Crippen LogP contribution in [0.2, 0.25) is 0 Å². The summed E-state index contributed by atoms with van der Waals surface area (Å²) >= 11 is 0. The van der Waals surface area contributed by atoms with Crippen molar-refractivity contribution in [1.29, 1.82) is 0 Å². The van der Waals surface area contributed by atoms with Crippen molar-refractivity contribution in [2.75, 3.05) is 35.4 Å². The number of amidine groups is 1. The molecule has 5 aromatic heterocycles. The number of benzene rings is 2. The Morgan fingerprint density at radius 3 is 1.64 bits per heavy atom. The van der Waals surface area contributed by atoms with Crippen LogP contribution in [0.4, 0.5) is 46.0 Å². The number of carbonyl (C=O) groups is 3. The molecule has 21 nitrogen and oxygen atoms in total. The van der Waals surface area contributed by atoms with Gasteiger partial charge in [0.15, 0.2) is 28.8 Å². The third kappa shape index (κ3) is 11.7. The zero-order valence-corrected chi connectivity index (χ0v) is 34.9. The van der Waals surface area contributed by atoms with Crippen LogP contribution in [-0.2, 0) is 4.84 Å². The quantitative estimate of drug-likeness (QED) is 0.0282. The van der Waals surface area contributed by atoms with Crippen molar-refractivity contribution in [2.24, 2.45) is 10.9 Å². The van der Waals surface area contributed by atoms with Crippen LogP contribution >= 0.6 is 0 Å². The topological polar surface area (TPSA) is 287 Å². The smallest absolute Gasteiger partial charge is 0.366 e. The summed E-state index contributed by atoms with van der Waals surface area (Å²) < 4.78 is 5.31. The highest BCUT2D eigenvalue weighted by Gasteiger charge is 2.20. The molecule has 7 aromatic rings. The lowest BCUT2D eigenvalue weighted by atomic mass is 10.1. The van der Waals surface area contributed by atoms with E-state index in [1.807, 2.05) is 43.3 Å². The molecule has 0 aliphatic rings. The minimum Gasteiger partial charge on any atom is -0.385 e. The summed E-state index contributed by atoms with van der Waals surface area (Å²) in [5, 5.41) is 41.3. The molecule has 0 fully saturated rings. The van der Waals surface area contributed by atoms with Gasteiger partial charge in [0, 0.05) is 55.6 Å². The Hall–Kier alpha value is -8.88. The summed E-state index contributed by atoms with van der Waals surface area (Å²) in [7, 11) is 3.04. The lowest BCUT2D eigenvalue weighted by Gasteiger charge is -2.15. The van der Waals surface area contributed by atoms with E-state index in [2.05, 4.69) is 77.6 Å². The van der Waals surface area contributed by atoms with Gasteiger partial charge in [0.2, 0.25) is 0 Å². The molecule has 328 valence electrons. The van der Waals surface area contributed by atoms with Crippen molar-refractivity contribution >= 4 is 69.6 Å². The van der Waals surface area contributed by atoms with Gasteiger partial charge in [-0.25, -0.2) is 14.8 Å². The maximum absolute atomic E-state index is 12.4. The van der Waals surface area contributed by atoms with Crippen molar-refractivity contribution in [3.63, 3.8) is 0 Å². The maximum atomic E-state index is 12.4. The van der Waals surface area contributed by atoms with Crippen molar-refractivity contribution in [3.8, 4) is 11.5 Å². The molecule has 64 heavy (non-hydrogen) atoms. The molecule has 0 aliphatic heterocycles. The standard InChI is InChI=1S/C21H22N8O3.C21H20N8O2.CH4/c1-12-14(21(31)32-29-13(2)22)7-6-8-15(12)25-16-11-18(26-17-9-4-5-10-24-17)27-28-19(16)20(30)23-3;1-12-14(21-24-13(2)29-31-21)7-6-8-15(12)25-16-11-18(26-17-9-4-5-10-23-17)27-28-19(16)20(30)22-3;/h4-11H,1-3H3,(H2,22,29)(H,23,30)(H2,24,25,26,27);4-11H,1-3H3,(H,22,30)(H2,23,25,26,27);1H4. The predicted molar refractivity (Wildman–Crippen MR) is 242 cm³/mol. The van der Waals surface area contributed by atoms with Gasteiger partial charge in [-0.3, -0.25) is 9.59 Å². The van der Waals surface area contributed by atoms with E-state index in [9.17, 15) is 14.4 Å². The summed E-state index contributed by atoms with van der Waals surface area (Å²) in [6.45, 7) is 6.93. The number of aryl methyl sites for hydroxylation is 1. The molecule has 0 atom stereocenters. The van der Waals surface area contributed by atoms with Crippen molar-refractivity contribution in [1.82, 2.24) is 51.1 Å². The van der Waals surface area contributed by atoms with Gasteiger partial charge < -0.3 is 47.0 Å². The number of nitrogens with one attached hydrogen (secondary N) is 6. The molecule has 0 unspecified atom stereocenters. The van der Waals surface area contributed by atoms with Gasteiger partial charge >= 0.3 is 5.97 Å². The molecular weight excluding hydrogens is 821 g/mol. The molecule has 0 saturated carbocycles. The van der Waals surface area contributed by atoms with Gasteiger partial charge in [0.1, 0.15) is 17.5 Å². The van der Waals surface area contributed by atoms with E-state index < -0.39 is 11.9 Å². The van der Waals surface area contributed by atoms with Crippen molar-refractivity contribution in [3.05, 3.63) is 131 Å². The summed E-state index contributed by atoms with van der Waals surface area (Å²) in [5.41, 5.74) is 10.4. The number of amides is 2. The van der Waals surface area contributed by atoms with Crippen LogP contribution in [0.5, 0.6) is 0 Å². The van der Waals surface area contributed by atoms with Crippen molar-refractivity contribution < 1.29 is 23.7 Å². The first-order valence-corrected chi connectivity index (χ1v) is 19.0. The number of hydrogen-bond acceptors (Lipinski definition) is 18. The van der Waals surface area contributed by atoms with Gasteiger partial charge in [-0.2, -0.15) is 4.98 Å². The highest BCUT2D eigenvalue weighted by atomic mass is 16.7. The summed E-state index contributed by atoms with van der Waals surface area (Å²) in [5.74, 6) is 1.65. The second-order valence-electron chi connectivity index (χ2n) is 13.3. The van der Waals surface area contributed by atoms with E-state index in [0.717, 1.165) is 16.8 Å². The molecule has 0 aliphatic carbocycles. The van der Waals surface area contributed by atoms with Crippen LogP contribution in [0.25, 0.3) is 11.5 Å². The first-order valence-electron chi connectivity index (χ1n) is 19.0. The Labute approximate surface area is 367 Å². The van der Waals surface area contributed by atoms with Crippen LogP contribution in [0, 0.1) is 20.8 Å². The van der Waals surface area contributed by atoms with E-state index in [4.69, 9.17) is 15.1 Å². The fraction of sp³-hybridized carbons (Fsp3) is 0.163. The minimum atomic E-state index is -0.659. The number of rotatable bonds is 13. The molecule has 21 heteroatoms. The number of hydrogen-bond donors (Lipinski definition) is 7. The Morgan fingerprint density at radius 2 is 1.17 bits per heavy atom. The van der Waals surface area contributed by atoms with Crippen LogP contribution in [0.15, 0.2) is 107 Å². The Bertz CT molecular complexity index is 2760. The zero-order valence-electron chi connectivity index (χ0n) is 34.9. The van der Waals surface area contributed by atoms with E-state index in [1.54, 1.807) is 74.8 Å². The fourth-order valence-electron chi connectivity index (χ4n) is 5.66. The number of nitrogens with two attached hydrogens (primary N) is 1. The van der Waals surface area contributed by atoms with Gasteiger partial charge in [-0.05, 0) is 87.4 Å². The Kier molecular flexibility index (Phi) is 15.6. The number of nitrogens with zero attached hydrogens (tertiary/aromatic N) is 9. The lowest BCUT2D eigenvalue weighted by Crippen LogP contribution is -2.21. The lowest BCUT2D eigenvalue weighted by molar-refractivity contribution is 0.0514. The van der Waals surface area contributed by atoms with E-state index in [1.165, 1.54) is 21.0 Å². The average Bonchev–Trinajstić information content (AvgIpc) is 3.73. The van der Waals surface area contributed by atoms with E-state index in [-0.39, 0.29) is 36.1 Å². The molecule has 0 spiro atoms. The fourth-order valence-corrected chi connectivity index (χ4v) is 5.66. The molecule has 7 rings (SSSR count). The van der Waals surface area contributed by atoms with Crippen LogP contribution in [0.3, 0.4) is 0 Å². The molecular formula is C43H46N16O5. The van der Waals surface area contributed by atoms with Gasteiger partial charge in [-0.15, -0.1) is 20.4 Å². The second kappa shape index (κ2) is 21.6. The first-order chi connectivity index (χ1) is 30.4. The van der Waals surface area contributed by atoms with Crippen LogP contribution < -0.4 is 37.6 Å². The number of anilines is 8. The summed E-state index contributed by atoms with van der Waals surface area (Å²) in [6, 6.07) is 24.9. The number of oxime groups is 1. The normalized spacial score (nSPS) is 10.6. The van der Waals surface area contributed by atoms with Crippen LogP contribution in [-0.4, -0.2) is 78.2 Å². The minimum absolute atomic E-state index is 0. The van der Waals surface area contributed by atoms with Crippen LogP contribution in [0.1, 0.15) is 62.6 Å².